The lowest BCUT2D eigenvalue weighted by atomic mass is 9.80. The van der Waals surface area contributed by atoms with E-state index in [9.17, 15) is 0 Å². The van der Waals surface area contributed by atoms with Crippen molar-refractivity contribution >= 4 is 17.4 Å². The van der Waals surface area contributed by atoms with Gasteiger partial charge in [-0.2, -0.15) is 0 Å². The number of hydrogen-bond donors (Lipinski definition) is 1. The molecule has 0 atom stereocenters. The van der Waals surface area contributed by atoms with Gasteiger partial charge in [0.1, 0.15) is 17.3 Å². The Bertz CT molecular complexity index is 402. The summed E-state index contributed by atoms with van der Waals surface area (Å²) in [5.41, 5.74) is 0.994. The molecule has 0 amide bonds. The molecule has 100 valence electrons. The third-order valence-corrected chi connectivity index (χ3v) is 3.99. The highest BCUT2D eigenvalue weighted by molar-refractivity contribution is 6.30. The molecule has 18 heavy (non-hydrogen) atoms. The van der Waals surface area contributed by atoms with E-state index in [1.165, 1.54) is 12.7 Å². The molecule has 0 bridgehead atoms. The summed E-state index contributed by atoms with van der Waals surface area (Å²) in [6, 6.07) is 0. The molecule has 0 unspecified atom stereocenters. The number of ether oxygens (including phenoxy) is 1. The number of hydrogen-bond acceptors (Lipinski definition) is 4. The summed E-state index contributed by atoms with van der Waals surface area (Å²) in [6.07, 6.45) is 6.88. The Hall–Kier alpha value is -0.870. The minimum absolute atomic E-state index is 0.0130. The van der Waals surface area contributed by atoms with Gasteiger partial charge in [-0.3, -0.25) is 0 Å². The second kappa shape index (κ2) is 5.85. The fourth-order valence-electron chi connectivity index (χ4n) is 2.28. The van der Waals surface area contributed by atoms with Crippen LogP contribution in [0.15, 0.2) is 6.33 Å². The first-order valence-corrected chi connectivity index (χ1v) is 6.87. The van der Waals surface area contributed by atoms with Gasteiger partial charge in [-0.25, -0.2) is 9.97 Å². The second-order valence-electron chi connectivity index (χ2n) is 4.84. The predicted octanol–water partition coefficient (Wildman–Crippen LogP) is 3.06. The van der Waals surface area contributed by atoms with Crippen molar-refractivity contribution in [2.45, 2.75) is 44.6 Å². The quantitative estimate of drug-likeness (QED) is 0.807. The van der Waals surface area contributed by atoms with Crippen LogP contribution in [0, 0.1) is 0 Å². The van der Waals surface area contributed by atoms with Crippen molar-refractivity contribution in [3.63, 3.8) is 0 Å². The number of nitrogens with zero attached hydrogens (tertiary/aromatic N) is 2. The number of rotatable bonds is 6. The van der Waals surface area contributed by atoms with Crippen LogP contribution in [-0.4, -0.2) is 29.2 Å². The fraction of sp³-hybridized carbons (Fsp3) is 0.692. The summed E-state index contributed by atoms with van der Waals surface area (Å²) in [5.74, 6) is 0.847. The van der Waals surface area contributed by atoms with Gasteiger partial charge in [-0.15, -0.1) is 0 Å². The van der Waals surface area contributed by atoms with E-state index in [1.807, 2.05) is 0 Å². The number of anilines is 1. The smallest absolute Gasteiger partial charge is 0.137 e. The predicted molar refractivity (Wildman–Crippen MR) is 73.1 cm³/mol. The van der Waals surface area contributed by atoms with Crippen molar-refractivity contribution in [1.82, 2.24) is 9.97 Å². The van der Waals surface area contributed by atoms with Crippen LogP contribution in [0.1, 0.15) is 38.2 Å². The minimum atomic E-state index is -0.0130. The van der Waals surface area contributed by atoms with E-state index >= 15 is 0 Å². The summed E-state index contributed by atoms with van der Waals surface area (Å²) < 4.78 is 5.59. The van der Waals surface area contributed by atoms with E-state index in [2.05, 4.69) is 22.2 Å². The average molecular weight is 270 g/mol. The van der Waals surface area contributed by atoms with Gasteiger partial charge in [-0.05, 0) is 25.7 Å². The molecule has 1 aliphatic carbocycles. The van der Waals surface area contributed by atoms with E-state index in [0.29, 0.717) is 5.15 Å². The standard InChI is InChI=1S/C13H20ClN3O/c1-3-5-10-11(14)16-9-17-12(10)15-8-13(18-2)6-4-7-13/h9H,3-8H2,1-2H3,(H,15,16,17). The summed E-state index contributed by atoms with van der Waals surface area (Å²) in [4.78, 5) is 8.33. The van der Waals surface area contributed by atoms with Gasteiger partial charge in [-0.1, -0.05) is 24.9 Å². The fourth-order valence-corrected chi connectivity index (χ4v) is 2.51. The van der Waals surface area contributed by atoms with Gasteiger partial charge >= 0.3 is 0 Å². The van der Waals surface area contributed by atoms with Crippen molar-refractivity contribution in [1.29, 1.82) is 0 Å². The largest absolute Gasteiger partial charge is 0.376 e. The molecule has 1 fully saturated rings. The molecule has 0 radical (unpaired) electrons. The first kappa shape index (κ1) is 13.6. The number of halogens is 1. The highest BCUT2D eigenvalue weighted by Gasteiger charge is 2.36. The minimum Gasteiger partial charge on any atom is -0.376 e. The molecule has 5 heteroatoms. The zero-order chi connectivity index (χ0) is 13.0. The number of methoxy groups -OCH3 is 1. The van der Waals surface area contributed by atoms with Crippen LogP contribution < -0.4 is 5.32 Å². The average Bonchev–Trinajstić information content (AvgIpc) is 2.32. The van der Waals surface area contributed by atoms with Crippen molar-refractivity contribution in [3.8, 4) is 0 Å². The molecule has 0 saturated heterocycles. The Labute approximate surface area is 113 Å². The molecule has 0 aliphatic heterocycles. The lowest BCUT2D eigenvalue weighted by Gasteiger charge is -2.40. The third-order valence-electron chi connectivity index (χ3n) is 3.67. The van der Waals surface area contributed by atoms with Gasteiger partial charge < -0.3 is 10.1 Å². The van der Waals surface area contributed by atoms with Crippen molar-refractivity contribution in [2.75, 3.05) is 19.0 Å². The Morgan fingerprint density at radius 3 is 2.78 bits per heavy atom. The monoisotopic (exact) mass is 269 g/mol. The highest BCUT2D eigenvalue weighted by Crippen LogP contribution is 2.35. The molecular weight excluding hydrogens is 250 g/mol. The van der Waals surface area contributed by atoms with E-state index < -0.39 is 0 Å². The molecule has 1 N–H and O–H groups in total. The third kappa shape index (κ3) is 2.75. The maximum Gasteiger partial charge on any atom is 0.137 e. The molecule has 1 aromatic rings. The first-order chi connectivity index (χ1) is 8.71. The summed E-state index contributed by atoms with van der Waals surface area (Å²) >= 11 is 6.12. The van der Waals surface area contributed by atoms with Crippen LogP contribution in [0.25, 0.3) is 0 Å². The van der Waals surface area contributed by atoms with E-state index in [1.54, 1.807) is 7.11 Å². The zero-order valence-electron chi connectivity index (χ0n) is 11.0. The second-order valence-corrected chi connectivity index (χ2v) is 5.19. The molecule has 4 nitrogen and oxygen atoms in total. The van der Waals surface area contributed by atoms with Crippen LogP contribution in [0.2, 0.25) is 5.15 Å². The molecule has 1 aliphatic rings. The lowest BCUT2D eigenvalue weighted by Crippen LogP contribution is -2.45. The van der Waals surface area contributed by atoms with Gasteiger partial charge in [0.2, 0.25) is 0 Å². The maximum absolute atomic E-state index is 6.12. The van der Waals surface area contributed by atoms with Crippen molar-refractivity contribution in [2.24, 2.45) is 0 Å². The molecule has 1 saturated carbocycles. The van der Waals surface area contributed by atoms with E-state index in [4.69, 9.17) is 16.3 Å². The number of nitrogens with one attached hydrogen (secondary N) is 1. The summed E-state index contributed by atoms with van der Waals surface area (Å²) in [7, 11) is 1.78. The molecule has 0 aromatic carbocycles. The maximum atomic E-state index is 6.12. The van der Waals surface area contributed by atoms with Gasteiger partial charge in [0.25, 0.3) is 0 Å². The van der Waals surface area contributed by atoms with Gasteiger partial charge in [0, 0.05) is 19.2 Å². The molecular formula is C13H20ClN3O. The van der Waals surface area contributed by atoms with Crippen molar-refractivity contribution in [3.05, 3.63) is 17.0 Å². The Balaban J connectivity index is 2.06. The van der Waals surface area contributed by atoms with E-state index in [0.717, 1.165) is 43.6 Å². The Morgan fingerprint density at radius 1 is 1.44 bits per heavy atom. The number of aromatic nitrogens is 2. The van der Waals surface area contributed by atoms with Gasteiger partial charge in [0.05, 0.1) is 5.60 Å². The molecule has 1 heterocycles. The normalized spacial score (nSPS) is 17.3. The molecule has 1 aromatic heterocycles. The van der Waals surface area contributed by atoms with Crippen LogP contribution >= 0.6 is 11.6 Å². The Kier molecular flexibility index (Phi) is 4.40. The highest BCUT2D eigenvalue weighted by atomic mass is 35.5. The van der Waals surface area contributed by atoms with Gasteiger partial charge in [0.15, 0.2) is 0 Å². The van der Waals surface area contributed by atoms with Crippen molar-refractivity contribution < 1.29 is 4.74 Å². The zero-order valence-corrected chi connectivity index (χ0v) is 11.8. The topological polar surface area (TPSA) is 47.0 Å². The van der Waals surface area contributed by atoms with Crippen LogP contribution in [0.4, 0.5) is 5.82 Å². The lowest BCUT2D eigenvalue weighted by molar-refractivity contribution is -0.0601. The molecule has 2 rings (SSSR count). The summed E-state index contributed by atoms with van der Waals surface area (Å²) in [6.45, 7) is 2.91. The molecule has 0 spiro atoms. The van der Waals surface area contributed by atoms with E-state index in [-0.39, 0.29) is 5.60 Å². The Morgan fingerprint density at radius 2 is 2.22 bits per heavy atom. The summed E-state index contributed by atoms with van der Waals surface area (Å²) in [5, 5.41) is 3.92. The first-order valence-electron chi connectivity index (χ1n) is 6.49. The van der Waals surface area contributed by atoms with Crippen LogP contribution in [0.3, 0.4) is 0 Å². The SMILES string of the molecule is CCCc1c(Cl)ncnc1NCC1(OC)CCC1. The van der Waals surface area contributed by atoms with Crippen LogP contribution in [0.5, 0.6) is 0 Å². The van der Waals surface area contributed by atoms with Crippen LogP contribution in [-0.2, 0) is 11.2 Å².